The molecule has 1 aliphatic carbocycles. The number of nitrogens with two attached hydrogens (primary N) is 2. The lowest BCUT2D eigenvalue weighted by Gasteiger charge is -2.37. The first-order chi connectivity index (χ1) is 52.1. The Bertz CT molecular complexity index is 4420. The largest absolute Gasteiger partial charge is 0.449 e. The van der Waals surface area contributed by atoms with Crippen molar-refractivity contribution in [3.63, 3.8) is 0 Å². The van der Waals surface area contributed by atoms with Crippen molar-refractivity contribution in [2.75, 3.05) is 25.2 Å². The molecular weight excluding hydrogens is 1410 g/mol. The molecule has 10 amide bonds. The molecule has 0 unspecified atom stereocenters. The normalized spacial score (nSPS) is 13.9. The van der Waals surface area contributed by atoms with E-state index in [4.69, 9.17) is 25.9 Å². The van der Waals surface area contributed by atoms with Crippen LogP contribution in [0.1, 0.15) is 126 Å². The molecule has 27 heteroatoms. The van der Waals surface area contributed by atoms with Crippen LogP contribution >= 0.6 is 11.8 Å². The molecule has 0 saturated heterocycles. The zero-order valence-electron chi connectivity index (χ0n) is 62.7. The van der Waals surface area contributed by atoms with Gasteiger partial charge in [-0.15, -0.1) is 0 Å². The minimum atomic E-state index is -1.57. The first-order valence-corrected chi connectivity index (χ1v) is 37.7. The average molecular weight is 1500 g/mol. The molecule has 8 aromatic rings. The van der Waals surface area contributed by atoms with Crippen LogP contribution in [0.25, 0.3) is 22.0 Å². The first-order valence-electron chi connectivity index (χ1n) is 36.4. The summed E-state index contributed by atoms with van der Waals surface area (Å²) in [7, 11) is 0. The molecule has 0 fully saturated rings. The SMILES string of the molecule is CSCC[C@H](NC(=O)[C@H](CC(C)C)NC(=O)[C@H](Cc1cn(C(c2ccccc2)(c2ccccc2)c2ccccc2)cn1)NC(=O)CNC(=O)[C@@H](NC(=O)[C@H](C)NC(=O)[C@H](Cc1cn(C(=O)OC(C)(C)C)c2ccccc12)NC(=O)[C@H](CCC(N)=O)NC(=O)OCC1c2ccccc2-c2ccccc21)C(C)C)C(N)=O. The van der Waals surface area contributed by atoms with Crippen LogP contribution in [0.5, 0.6) is 0 Å². The molecule has 2 aromatic heterocycles. The van der Waals surface area contributed by atoms with E-state index in [1.807, 2.05) is 164 Å². The monoisotopic (exact) mass is 1500 g/mol. The number of carbonyl (C=O) groups excluding carboxylic acids is 11. The van der Waals surface area contributed by atoms with E-state index in [1.165, 1.54) is 29.4 Å². The zero-order chi connectivity index (χ0) is 78.7. The Labute approximate surface area is 638 Å². The third-order valence-electron chi connectivity index (χ3n) is 18.8. The number of alkyl carbamates (subject to hydrolysis) is 1. The number of hydrogen-bond acceptors (Lipinski definition) is 15. The highest BCUT2D eigenvalue weighted by Gasteiger charge is 2.40. The van der Waals surface area contributed by atoms with E-state index in [9.17, 15) is 52.7 Å². The van der Waals surface area contributed by atoms with Crippen molar-refractivity contribution in [2.45, 2.75) is 153 Å². The topological polar surface area (TPSA) is 377 Å². The van der Waals surface area contributed by atoms with Gasteiger partial charge in [0.05, 0.1) is 24.1 Å². The first kappa shape index (κ1) is 81.5. The predicted octanol–water partition coefficient (Wildman–Crippen LogP) is 7.40. The minimum Gasteiger partial charge on any atom is -0.449 e. The van der Waals surface area contributed by atoms with Crippen LogP contribution in [0.2, 0.25) is 0 Å². The van der Waals surface area contributed by atoms with Crippen LogP contribution in [0.15, 0.2) is 183 Å². The van der Waals surface area contributed by atoms with E-state index in [0.29, 0.717) is 27.9 Å². The number of amides is 10. The molecule has 109 heavy (non-hydrogen) atoms. The number of aromatic nitrogens is 3. The molecule has 7 atom stereocenters. The Balaban J connectivity index is 0.933. The van der Waals surface area contributed by atoms with Crippen LogP contribution in [0, 0.1) is 11.8 Å². The van der Waals surface area contributed by atoms with Crippen molar-refractivity contribution in [1.29, 1.82) is 0 Å². The van der Waals surface area contributed by atoms with Crippen molar-refractivity contribution < 1.29 is 62.2 Å². The highest BCUT2D eigenvalue weighted by Crippen LogP contribution is 2.45. The Kier molecular flexibility index (Phi) is 27.9. The number of nitrogens with zero attached hydrogens (tertiary/aromatic N) is 3. The molecule has 0 saturated carbocycles. The molecule has 1 aliphatic rings. The maximum Gasteiger partial charge on any atom is 0.419 e. The van der Waals surface area contributed by atoms with Crippen LogP contribution in [0.3, 0.4) is 0 Å². The van der Waals surface area contributed by atoms with Gasteiger partial charge < -0.3 is 68.0 Å². The van der Waals surface area contributed by atoms with Gasteiger partial charge in [-0.3, -0.25) is 47.7 Å². The summed E-state index contributed by atoms with van der Waals surface area (Å²) in [5.41, 5.74) is 17.0. The summed E-state index contributed by atoms with van der Waals surface area (Å²) in [5, 5.41) is 22.0. The van der Waals surface area contributed by atoms with Crippen LogP contribution in [-0.2, 0) is 71.0 Å². The molecule has 0 spiro atoms. The molecule has 0 radical (unpaired) electrons. The summed E-state index contributed by atoms with van der Waals surface area (Å²) in [6.07, 6.45) is 4.13. The maximum absolute atomic E-state index is 14.9. The number of rotatable bonds is 35. The standard InChI is InChI=1S/C82H97N13O13S/c1-49(2)41-65(76(102)89-63(72(84)98)39-40-109-9)90-77(103)67(43-56-46-94(48-86-56)82(53-25-13-10-14-26-53,54-27-15-11-16-28-54)55-29-17-12-18-30-55)88-70(97)44-85-78(104)71(50(3)4)93-73(99)51(5)87-75(101)66(42-52-45-95(80(106)108-81(6,7)8)68-36-24-23-31-57(52)68)91-74(100)64(37-38-69(83)96)92-79(105)107-47-62-60-34-21-19-32-58(60)59-33-20-22-35-61(59)62/h10-36,45-46,48-51,62-67,71H,37-44,47H2,1-9H3,(H2,83,96)(H2,84,98)(H,85,104)(H,87,101)(H,88,97)(H,89,102)(H,90,103)(H,91,100)(H,92,105)(H,93,99)/t51-,63-,64-,65-,66-,67-,71-/m0/s1. The molecule has 2 heterocycles. The third kappa shape index (κ3) is 21.0. The number of hydrogen-bond donors (Lipinski definition) is 10. The summed E-state index contributed by atoms with van der Waals surface area (Å²) in [4.78, 5) is 159. The lowest BCUT2D eigenvalue weighted by molar-refractivity contribution is -0.135. The second-order valence-electron chi connectivity index (χ2n) is 28.8. The van der Waals surface area contributed by atoms with E-state index in [0.717, 1.165) is 38.9 Å². The van der Waals surface area contributed by atoms with Crippen molar-refractivity contribution in [1.82, 2.24) is 56.7 Å². The number of imidazole rings is 1. The van der Waals surface area contributed by atoms with Crippen LogP contribution in [-0.4, -0.2) is 153 Å². The van der Waals surface area contributed by atoms with Crippen LogP contribution < -0.4 is 54.0 Å². The van der Waals surface area contributed by atoms with Gasteiger partial charge in [-0.05, 0) is 121 Å². The summed E-state index contributed by atoms with van der Waals surface area (Å²) >= 11 is 1.46. The zero-order valence-corrected chi connectivity index (χ0v) is 63.5. The van der Waals surface area contributed by atoms with Gasteiger partial charge in [0.1, 0.15) is 60.0 Å². The van der Waals surface area contributed by atoms with Gasteiger partial charge >= 0.3 is 12.2 Å². The quantitative estimate of drug-likeness (QED) is 0.0173. The summed E-state index contributed by atoms with van der Waals surface area (Å²) in [6.45, 7) is 12.6. The molecule has 0 aliphatic heterocycles. The number of primary amides is 2. The number of fused-ring (bicyclic) bond motifs is 4. The highest BCUT2D eigenvalue weighted by molar-refractivity contribution is 7.98. The average Bonchev–Trinajstić information content (AvgIpc) is 1.74. The van der Waals surface area contributed by atoms with E-state index >= 15 is 0 Å². The molecule has 9 rings (SSSR count). The summed E-state index contributed by atoms with van der Waals surface area (Å²) in [5.74, 6) is -8.03. The second-order valence-corrected chi connectivity index (χ2v) is 29.8. The molecule has 574 valence electrons. The summed E-state index contributed by atoms with van der Waals surface area (Å²) < 4.78 is 14.7. The number of benzene rings is 6. The van der Waals surface area contributed by atoms with Gasteiger partial charge in [-0.1, -0.05) is 185 Å². The van der Waals surface area contributed by atoms with Crippen molar-refractivity contribution in [3.8, 4) is 11.1 Å². The fraction of sp³-hybridized carbons (Fsp3) is 0.366. The fourth-order valence-electron chi connectivity index (χ4n) is 13.5. The van der Waals surface area contributed by atoms with Crippen molar-refractivity contribution in [3.05, 3.63) is 222 Å². The molecule has 0 bridgehead atoms. The van der Waals surface area contributed by atoms with Gasteiger partial charge in [-0.25, -0.2) is 14.6 Å². The van der Waals surface area contributed by atoms with Gasteiger partial charge in [-0.2, -0.15) is 11.8 Å². The van der Waals surface area contributed by atoms with Gasteiger partial charge in [0.2, 0.25) is 53.2 Å². The van der Waals surface area contributed by atoms with E-state index in [-0.39, 0.29) is 57.0 Å². The Hall–Kier alpha value is -11.6. The third-order valence-corrected chi connectivity index (χ3v) is 19.4. The number of para-hydroxylation sites is 1. The van der Waals surface area contributed by atoms with Gasteiger partial charge in [0, 0.05) is 43.0 Å². The highest BCUT2D eigenvalue weighted by atomic mass is 32.2. The Morgan fingerprint density at radius 1 is 0.550 bits per heavy atom. The summed E-state index contributed by atoms with van der Waals surface area (Å²) in [6, 6.07) is 42.1. The molecular formula is C82H97N13O13S. The second kappa shape index (κ2) is 37.3. The van der Waals surface area contributed by atoms with Crippen LogP contribution in [0.4, 0.5) is 9.59 Å². The molecule has 26 nitrogen and oxygen atoms in total. The predicted molar refractivity (Wildman–Crippen MR) is 415 cm³/mol. The van der Waals surface area contributed by atoms with Gasteiger partial charge in [0.25, 0.3) is 0 Å². The maximum atomic E-state index is 14.9. The smallest absolute Gasteiger partial charge is 0.419 e. The Morgan fingerprint density at radius 2 is 1.07 bits per heavy atom. The number of carbonyl (C=O) groups is 11. The lowest BCUT2D eigenvalue weighted by Crippen LogP contribution is -2.59. The number of nitrogens with one attached hydrogen (secondary N) is 8. The molecule has 12 N–H and O–H groups in total. The Morgan fingerprint density at radius 3 is 1.63 bits per heavy atom. The number of thioether (sulfide) groups is 1. The van der Waals surface area contributed by atoms with Crippen molar-refractivity contribution >= 4 is 88.0 Å². The van der Waals surface area contributed by atoms with E-state index in [2.05, 4.69) is 42.5 Å². The van der Waals surface area contributed by atoms with E-state index in [1.54, 1.807) is 71.4 Å². The number of ether oxygens (including phenoxy) is 2. The lowest BCUT2D eigenvalue weighted by atomic mass is 9.77. The minimum absolute atomic E-state index is 0.116. The van der Waals surface area contributed by atoms with Crippen molar-refractivity contribution in [2.24, 2.45) is 23.3 Å². The molecule has 6 aromatic carbocycles. The van der Waals surface area contributed by atoms with Gasteiger partial charge in [0.15, 0.2) is 0 Å². The fourth-order valence-corrected chi connectivity index (χ4v) is 13.9. The van der Waals surface area contributed by atoms with E-state index < -0.39 is 131 Å².